The van der Waals surface area contributed by atoms with Crippen LogP contribution in [0.3, 0.4) is 0 Å². The zero-order valence-corrected chi connectivity index (χ0v) is 10.9. The van der Waals surface area contributed by atoms with Crippen molar-refractivity contribution < 1.29 is 9.18 Å². The van der Waals surface area contributed by atoms with E-state index in [1.54, 1.807) is 12.5 Å². The molecule has 1 N–H and O–H groups in total. The van der Waals surface area contributed by atoms with Crippen molar-refractivity contribution in [2.24, 2.45) is 0 Å². The highest BCUT2D eigenvalue weighted by atomic mass is 19.1. The molecule has 2 unspecified atom stereocenters. The molecule has 0 bridgehead atoms. The van der Waals surface area contributed by atoms with Crippen molar-refractivity contribution in [3.8, 4) is 0 Å². The Bertz CT molecular complexity index is 599. The predicted molar refractivity (Wildman–Crippen MR) is 70.6 cm³/mol. The first-order chi connectivity index (χ1) is 9.75. The Balaban J connectivity index is 1.74. The SMILES string of the molecule is O=C(NC1CCCC1n1ccnc1)c1ccncc1F. The third kappa shape index (κ3) is 2.41. The lowest BCUT2D eigenvalue weighted by atomic mass is 10.1. The Labute approximate surface area is 115 Å². The Hall–Kier alpha value is -2.24. The van der Waals surface area contributed by atoms with E-state index >= 15 is 0 Å². The molecule has 0 aromatic carbocycles. The van der Waals surface area contributed by atoms with Crippen LogP contribution in [0, 0.1) is 5.82 Å². The van der Waals surface area contributed by atoms with E-state index in [9.17, 15) is 9.18 Å². The van der Waals surface area contributed by atoms with Crippen molar-refractivity contribution in [2.75, 3.05) is 0 Å². The number of hydrogen-bond donors (Lipinski definition) is 1. The number of aromatic nitrogens is 3. The molecule has 1 aliphatic rings. The highest BCUT2D eigenvalue weighted by Gasteiger charge is 2.30. The molecule has 3 rings (SSSR count). The third-order valence-electron chi connectivity index (χ3n) is 3.72. The first-order valence-electron chi connectivity index (χ1n) is 6.63. The highest BCUT2D eigenvalue weighted by Crippen LogP contribution is 2.30. The van der Waals surface area contributed by atoms with Crippen molar-refractivity contribution in [1.82, 2.24) is 19.9 Å². The summed E-state index contributed by atoms with van der Waals surface area (Å²) >= 11 is 0. The molecule has 6 heteroatoms. The molecule has 104 valence electrons. The van der Waals surface area contributed by atoms with E-state index < -0.39 is 5.82 Å². The highest BCUT2D eigenvalue weighted by molar-refractivity contribution is 5.94. The number of carbonyl (C=O) groups is 1. The van der Waals surface area contributed by atoms with Crippen LogP contribution in [0.2, 0.25) is 0 Å². The second kappa shape index (κ2) is 5.40. The van der Waals surface area contributed by atoms with Crippen LogP contribution in [0.1, 0.15) is 35.7 Å². The fourth-order valence-electron chi connectivity index (χ4n) is 2.74. The van der Waals surface area contributed by atoms with Crippen LogP contribution in [0.4, 0.5) is 4.39 Å². The van der Waals surface area contributed by atoms with Crippen LogP contribution in [-0.4, -0.2) is 26.5 Å². The summed E-state index contributed by atoms with van der Waals surface area (Å²) in [4.78, 5) is 19.8. The third-order valence-corrected chi connectivity index (χ3v) is 3.72. The van der Waals surface area contributed by atoms with Crippen LogP contribution in [0.5, 0.6) is 0 Å². The monoisotopic (exact) mass is 274 g/mol. The lowest BCUT2D eigenvalue weighted by Gasteiger charge is -2.22. The molecule has 2 atom stereocenters. The van der Waals surface area contributed by atoms with E-state index in [0.717, 1.165) is 25.5 Å². The van der Waals surface area contributed by atoms with Gasteiger partial charge in [-0.3, -0.25) is 9.78 Å². The Morgan fingerprint density at radius 3 is 3.00 bits per heavy atom. The van der Waals surface area contributed by atoms with Gasteiger partial charge in [-0.1, -0.05) is 0 Å². The predicted octanol–water partition coefficient (Wildman–Crippen LogP) is 1.94. The largest absolute Gasteiger partial charge is 0.347 e. The van der Waals surface area contributed by atoms with Crippen LogP contribution in [0.15, 0.2) is 37.2 Å². The molecule has 2 heterocycles. The molecule has 2 aromatic heterocycles. The normalized spacial score (nSPS) is 21.9. The van der Waals surface area contributed by atoms with E-state index in [2.05, 4.69) is 15.3 Å². The number of nitrogens with zero attached hydrogens (tertiary/aromatic N) is 3. The molecule has 0 saturated heterocycles. The average Bonchev–Trinajstić information content (AvgIpc) is 3.09. The Morgan fingerprint density at radius 1 is 1.35 bits per heavy atom. The van der Waals surface area contributed by atoms with Gasteiger partial charge in [0.05, 0.1) is 24.1 Å². The topological polar surface area (TPSA) is 59.8 Å². The average molecular weight is 274 g/mol. The van der Waals surface area contributed by atoms with Crippen LogP contribution in [-0.2, 0) is 0 Å². The summed E-state index contributed by atoms with van der Waals surface area (Å²) in [5.74, 6) is -0.982. The molecule has 1 saturated carbocycles. The zero-order valence-electron chi connectivity index (χ0n) is 10.9. The van der Waals surface area contributed by atoms with Gasteiger partial charge in [0.1, 0.15) is 0 Å². The number of imidazole rings is 1. The van der Waals surface area contributed by atoms with E-state index in [0.29, 0.717) is 0 Å². The van der Waals surface area contributed by atoms with Gasteiger partial charge in [0.15, 0.2) is 5.82 Å². The number of halogens is 1. The summed E-state index contributed by atoms with van der Waals surface area (Å²) in [6, 6.07) is 1.59. The minimum absolute atomic E-state index is 0.00395. The van der Waals surface area contributed by atoms with E-state index in [1.807, 2.05) is 10.8 Å². The van der Waals surface area contributed by atoms with Crippen LogP contribution in [0.25, 0.3) is 0 Å². The number of carbonyl (C=O) groups excluding carboxylic acids is 1. The quantitative estimate of drug-likeness (QED) is 0.930. The summed E-state index contributed by atoms with van der Waals surface area (Å²) in [7, 11) is 0. The number of hydrogen-bond acceptors (Lipinski definition) is 3. The van der Waals surface area contributed by atoms with Gasteiger partial charge in [-0.25, -0.2) is 9.37 Å². The van der Waals surface area contributed by atoms with Gasteiger partial charge >= 0.3 is 0 Å². The molecule has 1 fully saturated rings. The standard InChI is InChI=1S/C14H15FN4O/c15-11-8-16-5-4-10(11)14(20)18-12-2-1-3-13(12)19-7-6-17-9-19/h4-9,12-13H,1-3H2,(H,18,20). The van der Waals surface area contributed by atoms with Gasteiger partial charge in [-0.2, -0.15) is 0 Å². The Morgan fingerprint density at radius 2 is 2.25 bits per heavy atom. The maximum Gasteiger partial charge on any atom is 0.254 e. The molecule has 2 aromatic rings. The number of pyridine rings is 1. The van der Waals surface area contributed by atoms with Crippen LogP contribution >= 0.6 is 0 Å². The molecular weight excluding hydrogens is 259 g/mol. The van der Waals surface area contributed by atoms with E-state index in [1.165, 1.54) is 12.3 Å². The smallest absolute Gasteiger partial charge is 0.254 e. The van der Waals surface area contributed by atoms with Crippen molar-refractivity contribution >= 4 is 5.91 Å². The first-order valence-corrected chi connectivity index (χ1v) is 6.63. The van der Waals surface area contributed by atoms with Gasteiger partial charge < -0.3 is 9.88 Å². The Kier molecular flexibility index (Phi) is 3.45. The minimum atomic E-state index is -0.595. The summed E-state index contributed by atoms with van der Waals surface area (Å²) in [5.41, 5.74) is 0.0382. The molecule has 5 nitrogen and oxygen atoms in total. The summed E-state index contributed by atoms with van der Waals surface area (Å²) in [6.45, 7) is 0. The molecule has 0 spiro atoms. The lowest BCUT2D eigenvalue weighted by molar-refractivity contribution is 0.0924. The van der Waals surface area contributed by atoms with Gasteiger partial charge in [-0.05, 0) is 25.3 Å². The maximum absolute atomic E-state index is 13.5. The summed E-state index contributed by atoms with van der Waals surface area (Å²) in [5, 5.41) is 2.92. The molecule has 20 heavy (non-hydrogen) atoms. The maximum atomic E-state index is 13.5. The molecule has 0 radical (unpaired) electrons. The first kappa shape index (κ1) is 12.8. The van der Waals surface area contributed by atoms with Crippen molar-refractivity contribution in [3.63, 3.8) is 0 Å². The van der Waals surface area contributed by atoms with Gasteiger partial charge in [-0.15, -0.1) is 0 Å². The molecule has 1 aliphatic carbocycles. The number of rotatable bonds is 3. The van der Waals surface area contributed by atoms with Crippen molar-refractivity contribution in [2.45, 2.75) is 31.3 Å². The van der Waals surface area contributed by atoms with Crippen molar-refractivity contribution in [3.05, 3.63) is 48.6 Å². The molecule has 0 aliphatic heterocycles. The zero-order chi connectivity index (χ0) is 13.9. The van der Waals surface area contributed by atoms with E-state index in [-0.39, 0.29) is 23.6 Å². The second-order valence-corrected chi connectivity index (χ2v) is 4.94. The van der Waals surface area contributed by atoms with Crippen molar-refractivity contribution in [1.29, 1.82) is 0 Å². The van der Waals surface area contributed by atoms with Crippen LogP contribution < -0.4 is 5.32 Å². The minimum Gasteiger partial charge on any atom is -0.347 e. The fraction of sp³-hybridized carbons (Fsp3) is 0.357. The molecular formula is C14H15FN4O. The van der Waals surface area contributed by atoms with Gasteiger partial charge in [0.25, 0.3) is 5.91 Å². The second-order valence-electron chi connectivity index (χ2n) is 4.94. The van der Waals surface area contributed by atoms with Gasteiger partial charge in [0.2, 0.25) is 0 Å². The summed E-state index contributed by atoms with van der Waals surface area (Å²) in [6.07, 6.45) is 10.7. The summed E-state index contributed by atoms with van der Waals surface area (Å²) < 4.78 is 15.5. The number of nitrogens with one attached hydrogen (secondary N) is 1. The lowest BCUT2D eigenvalue weighted by Crippen LogP contribution is -2.38. The fourth-order valence-corrected chi connectivity index (χ4v) is 2.74. The van der Waals surface area contributed by atoms with E-state index in [4.69, 9.17) is 0 Å². The molecule has 1 amide bonds. The number of amides is 1. The van der Waals surface area contributed by atoms with Gasteiger partial charge in [0, 0.05) is 24.6 Å².